The molecule has 3 aliphatic heterocycles. The monoisotopic (exact) mass is 446 g/mol. The molecule has 0 bridgehead atoms. The average Bonchev–Trinajstić information content (AvgIpc) is 3.49. The molecule has 8 nitrogen and oxygen atoms in total. The van der Waals surface area contributed by atoms with E-state index in [1.807, 2.05) is 11.8 Å². The summed E-state index contributed by atoms with van der Waals surface area (Å²) in [5.41, 5.74) is 0.467. The Morgan fingerprint density at radius 2 is 1.81 bits per heavy atom. The number of likely N-dealkylation sites (tertiary alicyclic amines) is 2. The fourth-order valence-electron chi connectivity index (χ4n) is 4.48. The molecule has 3 heterocycles. The molecule has 168 valence electrons. The van der Waals surface area contributed by atoms with Gasteiger partial charge in [-0.3, -0.25) is 9.59 Å². The summed E-state index contributed by atoms with van der Waals surface area (Å²) in [6.07, 6.45) is 3.64. The van der Waals surface area contributed by atoms with Crippen LogP contribution in [-0.2, 0) is 4.79 Å². The highest BCUT2D eigenvalue weighted by atomic mass is 32.1. The summed E-state index contributed by atoms with van der Waals surface area (Å²) < 4.78 is 10.7. The number of nitrogens with one attached hydrogen (secondary N) is 2. The van der Waals surface area contributed by atoms with Crippen LogP contribution in [0, 0.1) is 5.92 Å². The van der Waals surface area contributed by atoms with Crippen molar-refractivity contribution >= 4 is 29.1 Å². The Bertz CT molecular complexity index is 835. The van der Waals surface area contributed by atoms with Gasteiger partial charge in [-0.2, -0.15) is 0 Å². The molecule has 0 unspecified atom stereocenters. The fourth-order valence-corrected chi connectivity index (χ4v) is 4.80. The average molecular weight is 447 g/mol. The van der Waals surface area contributed by atoms with E-state index in [2.05, 4.69) is 15.5 Å². The van der Waals surface area contributed by atoms with Crippen LogP contribution in [0.1, 0.15) is 43.0 Å². The molecule has 0 aliphatic carbocycles. The Hall–Kier alpha value is -2.55. The number of hydrogen-bond donors (Lipinski definition) is 2. The van der Waals surface area contributed by atoms with Crippen LogP contribution in [-0.4, -0.2) is 72.3 Å². The Labute approximate surface area is 188 Å². The molecular formula is C22H30N4O4S. The van der Waals surface area contributed by atoms with Gasteiger partial charge in [0.05, 0.1) is 0 Å². The third-order valence-electron chi connectivity index (χ3n) is 6.23. The van der Waals surface area contributed by atoms with Crippen molar-refractivity contribution in [3.8, 4) is 11.5 Å². The summed E-state index contributed by atoms with van der Waals surface area (Å²) in [4.78, 5) is 30.4. The summed E-state index contributed by atoms with van der Waals surface area (Å²) in [6.45, 7) is 6.05. The van der Waals surface area contributed by atoms with Crippen LogP contribution < -0.4 is 20.1 Å². The van der Waals surface area contributed by atoms with Crippen molar-refractivity contribution in [1.82, 2.24) is 20.4 Å². The first-order chi connectivity index (χ1) is 15.1. The molecule has 31 heavy (non-hydrogen) atoms. The van der Waals surface area contributed by atoms with Crippen LogP contribution in [0.2, 0.25) is 0 Å². The number of thiocarbonyl (C=S) groups is 1. The van der Waals surface area contributed by atoms with Crippen LogP contribution in [0.4, 0.5) is 0 Å². The van der Waals surface area contributed by atoms with Gasteiger partial charge in [0.15, 0.2) is 16.6 Å². The number of ether oxygens (including phenoxy) is 2. The van der Waals surface area contributed by atoms with Gasteiger partial charge in [-0.25, -0.2) is 0 Å². The number of benzene rings is 1. The molecule has 2 fully saturated rings. The summed E-state index contributed by atoms with van der Waals surface area (Å²) >= 11 is 5.44. The second-order valence-corrected chi connectivity index (χ2v) is 8.60. The topological polar surface area (TPSA) is 83.1 Å². The van der Waals surface area contributed by atoms with Gasteiger partial charge in [-0.1, -0.05) is 0 Å². The standard InChI is InChI=1S/C22H30N4O4S/c1-2-23-22(31)26-11-7-15(8-12-26)19(21(28)25-9-3-4-10-25)24-20(27)16-5-6-17-18(13-16)30-14-29-17/h5-6,13,15,19H,2-4,7-12,14H2,1H3,(H,23,31)(H,24,27)/t19-/m0/s1. The van der Waals surface area contributed by atoms with Crippen LogP contribution in [0.25, 0.3) is 0 Å². The molecule has 1 aromatic carbocycles. The van der Waals surface area contributed by atoms with E-state index in [9.17, 15) is 9.59 Å². The minimum Gasteiger partial charge on any atom is -0.454 e. The highest BCUT2D eigenvalue weighted by Crippen LogP contribution is 2.32. The molecule has 0 radical (unpaired) electrons. The van der Waals surface area contributed by atoms with Gasteiger partial charge in [0, 0.05) is 38.3 Å². The van der Waals surface area contributed by atoms with Gasteiger partial charge in [0.25, 0.3) is 5.91 Å². The highest BCUT2D eigenvalue weighted by molar-refractivity contribution is 7.80. The molecule has 9 heteroatoms. The van der Waals surface area contributed by atoms with Crippen molar-refractivity contribution in [2.75, 3.05) is 39.5 Å². The molecule has 0 aromatic heterocycles. The summed E-state index contributed by atoms with van der Waals surface area (Å²) in [7, 11) is 0. The van der Waals surface area contributed by atoms with Gasteiger partial charge >= 0.3 is 0 Å². The summed E-state index contributed by atoms with van der Waals surface area (Å²) in [5.74, 6) is 1.03. The van der Waals surface area contributed by atoms with Crippen molar-refractivity contribution in [3.05, 3.63) is 23.8 Å². The first-order valence-corrected chi connectivity index (χ1v) is 11.5. The van der Waals surface area contributed by atoms with Gasteiger partial charge < -0.3 is 29.9 Å². The lowest BCUT2D eigenvalue weighted by Crippen LogP contribution is -2.55. The predicted octanol–water partition coefficient (Wildman–Crippen LogP) is 1.74. The lowest BCUT2D eigenvalue weighted by molar-refractivity contribution is -0.134. The summed E-state index contributed by atoms with van der Waals surface area (Å²) in [6, 6.07) is 4.57. The van der Waals surface area contributed by atoms with Crippen LogP contribution in [0.5, 0.6) is 11.5 Å². The number of amides is 2. The number of piperidine rings is 1. The molecule has 1 aromatic rings. The fraction of sp³-hybridized carbons (Fsp3) is 0.591. The zero-order valence-corrected chi connectivity index (χ0v) is 18.7. The lowest BCUT2D eigenvalue weighted by Gasteiger charge is -2.38. The Balaban J connectivity index is 1.46. The van der Waals surface area contributed by atoms with E-state index in [0.717, 1.165) is 63.5 Å². The zero-order chi connectivity index (χ0) is 21.8. The lowest BCUT2D eigenvalue weighted by atomic mass is 9.88. The third kappa shape index (κ3) is 4.87. The quantitative estimate of drug-likeness (QED) is 0.667. The van der Waals surface area contributed by atoms with E-state index in [-0.39, 0.29) is 24.5 Å². The molecule has 0 spiro atoms. The zero-order valence-electron chi connectivity index (χ0n) is 17.9. The summed E-state index contributed by atoms with van der Waals surface area (Å²) in [5, 5.41) is 7.00. The first kappa shape index (κ1) is 21.7. The van der Waals surface area contributed by atoms with E-state index in [4.69, 9.17) is 21.7 Å². The molecule has 4 rings (SSSR count). The second-order valence-electron chi connectivity index (χ2n) is 8.21. The van der Waals surface area contributed by atoms with E-state index in [0.29, 0.717) is 17.1 Å². The number of carbonyl (C=O) groups is 2. The molecule has 0 saturated carbocycles. The number of carbonyl (C=O) groups excluding carboxylic acids is 2. The smallest absolute Gasteiger partial charge is 0.252 e. The normalized spacial score (nSPS) is 19.3. The van der Waals surface area contributed by atoms with E-state index >= 15 is 0 Å². The van der Waals surface area contributed by atoms with Crippen molar-refractivity contribution in [2.24, 2.45) is 5.92 Å². The van der Waals surface area contributed by atoms with Gasteiger partial charge in [-0.05, 0) is 68.9 Å². The molecule has 2 N–H and O–H groups in total. The van der Waals surface area contributed by atoms with Crippen molar-refractivity contribution in [3.63, 3.8) is 0 Å². The van der Waals surface area contributed by atoms with Crippen LogP contribution in [0.15, 0.2) is 18.2 Å². The Morgan fingerprint density at radius 1 is 1.10 bits per heavy atom. The van der Waals surface area contributed by atoms with Gasteiger partial charge in [-0.15, -0.1) is 0 Å². The minimum absolute atomic E-state index is 0.0271. The predicted molar refractivity (Wildman–Crippen MR) is 120 cm³/mol. The molecule has 2 amide bonds. The van der Waals surface area contributed by atoms with E-state index in [1.54, 1.807) is 18.2 Å². The SMILES string of the molecule is CCNC(=S)N1CCC([C@H](NC(=O)c2ccc3c(c2)OCO3)C(=O)N2CCCC2)CC1. The van der Waals surface area contributed by atoms with Crippen molar-refractivity contribution in [1.29, 1.82) is 0 Å². The maximum atomic E-state index is 13.3. The number of rotatable bonds is 5. The number of fused-ring (bicyclic) bond motifs is 1. The van der Waals surface area contributed by atoms with Crippen molar-refractivity contribution in [2.45, 2.75) is 38.6 Å². The maximum absolute atomic E-state index is 13.3. The maximum Gasteiger partial charge on any atom is 0.252 e. The second kappa shape index (κ2) is 9.72. The van der Waals surface area contributed by atoms with E-state index in [1.165, 1.54) is 0 Å². The Morgan fingerprint density at radius 3 is 2.52 bits per heavy atom. The van der Waals surface area contributed by atoms with Gasteiger partial charge in [0.2, 0.25) is 12.7 Å². The van der Waals surface area contributed by atoms with Crippen molar-refractivity contribution < 1.29 is 19.1 Å². The number of nitrogens with zero attached hydrogens (tertiary/aromatic N) is 2. The van der Waals surface area contributed by atoms with Gasteiger partial charge in [0.1, 0.15) is 6.04 Å². The molecular weight excluding hydrogens is 416 g/mol. The highest BCUT2D eigenvalue weighted by Gasteiger charge is 2.36. The molecule has 2 saturated heterocycles. The minimum atomic E-state index is -0.536. The van der Waals surface area contributed by atoms with E-state index < -0.39 is 6.04 Å². The third-order valence-corrected chi connectivity index (χ3v) is 6.63. The van der Waals surface area contributed by atoms with Crippen LogP contribution >= 0.6 is 12.2 Å². The first-order valence-electron chi connectivity index (χ1n) is 11.1. The Kier molecular flexibility index (Phi) is 6.80. The van der Waals surface area contributed by atoms with Crippen LogP contribution in [0.3, 0.4) is 0 Å². The largest absolute Gasteiger partial charge is 0.454 e. The molecule has 1 atom stereocenters. The number of hydrogen-bond acceptors (Lipinski definition) is 5. The molecule has 3 aliphatic rings.